The molecule has 0 bridgehead atoms. The predicted molar refractivity (Wildman–Crippen MR) is 111 cm³/mol. The summed E-state index contributed by atoms with van der Waals surface area (Å²) in [5, 5.41) is 7.15. The Labute approximate surface area is 170 Å². The van der Waals surface area contributed by atoms with Gasteiger partial charge in [0.25, 0.3) is 0 Å². The minimum Gasteiger partial charge on any atom is -0.297 e. The number of aromatic amines is 1. The van der Waals surface area contributed by atoms with Crippen molar-refractivity contribution in [3.05, 3.63) is 65.3 Å². The van der Waals surface area contributed by atoms with Crippen molar-refractivity contribution < 1.29 is 9.18 Å². The number of aryl methyl sites for hydroxylation is 1. The van der Waals surface area contributed by atoms with E-state index in [2.05, 4.69) is 21.2 Å². The van der Waals surface area contributed by atoms with Crippen molar-refractivity contribution in [2.24, 2.45) is 5.92 Å². The first kappa shape index (κ1) is 19.4. The number of hydrogen-bond donors (Lipinski definition) is 2. The lowest BCUT2D eigenvalue weighted by Crippen LogP contribution is -2.42. The lowest BCUT2D eigenvalue weighted by atomic mass is 9.93. The van der Waals surface area contributed by atoms with E-state index in [4.69, 9.17) is 12.6 Å². The first-order chi connectivity index (χ1) is 13.6. The molecule has 2 heterocycles. The Morgan fingerprint density at radius 3 is 2.86 bits per heavy atom. The largest absolute Gasteiger partial charge is 0.297 e. The molecule has 1 saturated heterocycles. The van der Waals surface area contributed by atoms with E-state index in [-0.39, 0.29) is 22.8 Å². The summed E-state index contributed by atoms with van der Waals surface area (Å²) in [5.74, 6) is -0.0371. The zero-order valence-corrected chi connectivity index (χ0v) is 16.7. The van der Waals surface area contributed by atoms with Crippen molar-refractivity contribution in [2.45, 2.75) is 43.4 Å². The van der Waals surface area contributed by atoms with Gasteiger partial charge in [-0.15, -0.1) is 0 Å². The number of benzene rings is 1. The van der Waals surface area contributed by atoms with Gasteiger partial charge in [0.05, 0.1) is 6.04 Å². The number of carbonyl (C=O) groups is 1. The van der Waals surface area contributed by atoms with E-state index < -0.39 is 6.04 Å². The van der Waals surface area contributed by atoms with Crippen LogP contribution in [0.4, 0.5) is 4.39 Å². The Balaban J connectivity index is 1.53. The van der Waals surface area contributed by atoms with Crippen LogP contribution >= 0.6 is 12.6 Å². The lowest BCUT2D eigenvalue weighted by Gasteiger charge is -2.37. The monoisotopic (exact) mass is 399 g/mol. The third-order valence-corrected chi connectivity index (χ3v) is 6.29. The zero-order chi connectivity index (χ0) is 19.5. The number of hydrogen-bond acceptors (Lipinski definition) is 4. The number of likely N-dealkylation sites (tertiary alicyclic amines) is 1. The third-order valence-electron chi connectivity index (χ3n) is 5.70. The van der Waals surface area contributed by atoms with Crippen LogP contribution in [0.3, 0.4) is 0 Å². The van der Waals surface area contributed by atoms with E-state index >= 15 is 0 Å². The molecule has 4 nitrogen and oxygen atoms in total. The first-order valence-electron chi connectivity index (χ1n) is 10.0. The van der Waals surface area contributed by atoms with Gasteiger partial charge < -0.3 is 0 Å². The zero-order valence-electron chi connectivity index (χ0n) is 15.9. The SMILES string of the molecule is O=C(C1CC1)C(c1ccccc1F)N1CCC(S)/C(=C/CCc2ccn[nH]2)C1. The standard InChI is InChI=1S/C22H26FN3OS/c23-19-7-2-1-6-18(19)21(22(27)15-8-9-15)26-13-11-20(28)16(14-26)4-3-5-17-10-12-24-25-17/h1-2,4,6-7,10,12,15,20-21,28H,3,5,8-9,11,13-14H2,(H,24,25)/b16-4+. The molecule has 28 heavy (non-hydrogen) atoms. The van der Waals surface area contributed by atoms with Crippen molar-refractivity contribution in [3.8, 4) is 0 Å². The maximum absolute atomic E-state index is 14.6. The number of nitrogens with one attached hydrogen (secondary N) is 1. The van der Waals surface area contributed by atoms with Gasteiger partial charge in [0.15, 0.2) is 5.78 Å². The fraction of sp³-hybridized carbons (Fsp3) is 0.455. The summed E-state index contributed by atoms with van der Waals surface area (Å²) >= 11 is 4.75. The molecule has 2 unspecified atom stereocenters. The van der Waals surface area contributed by atoms with Crippen LogP contribution in [0.15, 0.2) is 48.2 Å². The van der Waals surface area contributed by atoms with Gasteiger partial charge in [-0.2, -0.15) is 17.7 Å². The second-order valence-electron chi connectivity index (χ2n) is 7.78. The van der Waals surface area contributed by atoms with Crippen LogP contribution in [0.1, 0.15) is 43.0 Å². The molecule has 2 fully saturated rings. The van der Waals surface area contributed by atoms with Crippen LogP contribution in [-0.2, 0) is 11.2 Å². The Hall–Kier alpha value is -1.92. The minimum absolute atomic E-state index is 0.0890. The Kier molecular flexibility index (Phi) is 5.97. The molecule has 0 radical (unpaired) electrons. The van der Waals surface area contributed by atoms with E-state index in [9.17, 15) is 9.18 Å². The molecule has 1 aromatic carbocycles. The number of Topliss-reactive ketones (excluding diaryl/α,β-unsaturated/α-hetero) is 1. The van der Waals surface area contributed by atoms with E-state index in [1.54, 1.807) is 18.3 Å². The van der Waals surface area contributed by atoms with Crippen LogP contribution < -0.4 is 0 Å². The second-order valence-corrected chi connectivity index (χ2v) is 8.40. The summed E-state index contributed by atoms with van der Waals surface area (Å²) in [6.07, 6.45) is 8.49. The van der Waals surface area contributed by atoms with Crippen molar-refractivity contribution in [1.29, 1.82) is 0 Å². The smallest absolute Gasteiger partial charge is 0.157 e. The number of H-pyrrole nitrogens is 1. The number of carbonyl (C=O) groups excluding carboxylic acids is 1. The van der Waals surface area contributed by atoms with Gasteiger partial charge >= 0.3 is 0 Å². The lowest BCUT2D eigenvalue weighted by molar-refractivity contribution is -0.126. The number of thiol groups is 1. The van der Waals surface area contributed by atoms with E-state index in [0.29, 0.717) is 12.1 Å². The molecule has 2 aliphatic rings. The molecule has 0 spiro atoms. The average Bonchev–Trinajstić information content (AvgIpc) is 3.42. The molecular formula is C22H26FN3OS. The van der Waals surface area contributed by atoms with E-state index in [1.807, 2.05) is 12.1 Å². The highest BCUT2D eigenvalue weighted by Crippen LogP contribution is 2.39. The molecule has 4 rings (SSSR count). The molecule has 1 N–H and O–H groups in total. The number of halogens is 1. The molecular weight excluding hydrogens is 373 g/mol. The highest BCUT2D eigenvalue weighted by molar-refractivity contribution is 7.81. The fourth-order valence-electron chi connectivity index (χ4n) is 3.97. The van der Waals surface area contributed by atoms with Crippen molar-refractivity contribution >= 4 is 18.4 Å². The molecule has 2 aromatic rings. The molecule has 0 amide bonds. The molecule has 1 aromatic heterocycles. The minimum atomic E-state index is -0.495. The first-order valence-corrected chi connectivity index (χ1v) is 10.5. The summed E-state index contributed by atoms with van der Waals surface area (Å²) < 4.78 is 14.6. The van der Waals surface area contributed by atoms with E-state index in [0.717, 1.165) is 44.3 Å². The van der Waals surface area contributed by atoms with Crippen LogP contribution in [0.5, 0.6) is 0 Å². The van der Waals surface area contributed by atoms with Crippen LogP contribution in [0.2, 0.25) is 0 Å². The van der Waals surface area contributed by atoms with Gasteiger partial charge in [0, 0.05) is 41.7 Å². The van der Waals surface area contributed by atoms with Crippen LogP contribution in [0.25, 0.3) is 0 Å². The van der Waals surface area contributed by atoms with Crippen molar-refractivity contribution in [3.63, 3.8) is 0 Å². The summed E-state index contributed by atoms with van der Waals surface area (Å²) in [4.78, 5) is 15.2. The number of piperidine rings is 1. The third kappa shape index (κ3) is 4.39. The number of ketones is 1. The average molecular weight is 400 g/mol. The van der Waals surface area contributed by atoms with Gasteiger partial charge in [-0.3, -0.25) is 14.8 Å². The molecule has 2 atom stereocenters. The van der Waals surface area contributed by atoms with Gasteiger partial charge in [0.1, 0.15) is 5.82 Å². The number of allylic oxidation sites excluding steroid dienone is 1. The molecule has 1 aliphatic heterocycles. The molecule has 6 heteroatoms. The summed E-state index contributed by atoms with van der Waals surface area (Å²) in [6.45, 7) is 1.41. The Bertz CT molecular complexity index is 847. The topological polar surface area (TPSA) is 49.0 Å². The predicted octanol–water partition coefficient (Wildman–Crippen LogP) is 4.13. The summed E-state index contributed by atoms with van der Waals surface area (Å²) in [7, 11) is 0. The van der Waals surface area contributed by atoms with Gasteiger partial charge in [0.2, 0.25) is 0 Å². The second kappa shape index (κ2) is 8.62. The summed E-state index contributed by atoms with van der Waals surface area (Å²) in [6, 6.07) is 8.19. The number of nitrogens with zero attached hydrogens (tertiary/aromatic N) is 2. The molecule has 1 saturated carbocycles. The van der Waals surface area contributed by atoms with Crippen molar-refractivity contribution in [2.75, 3.05) is 13.1 Å². The Morgan fingerprint density at radius 2 is 2.14 bits per heavy atom. The van der Waals surface area contributed by atoms with Crippen LogP contribution in [0, 0.1) is 11.7 Å². The van der Waals surface area contributed by atoms with E-state index in [1.165, 1.54) is 11.6 Å². The van der Waals surface area contributed by atoms with Gasteiger partial charge in [-0.25, -0.2) is 4.39 Å². The van der Waals surface area contributed by atoms with Gasteiger partial charge in [-0.05, 0) is 49.8 Å². The fourth-order valence-corrected chi connectivity index (χ4v) is 4.27. The maximum atomic E-state index is 14.6. The van der Waals surface area contributed by atoms with Gasteiger partial charge in [-0.1, -0.05) is 24.3 Å². The molecule has 148 valence electrons. The summed E-state index contributed by atoms with van der Waals surface area (Å²) in [5.41, 5.74) is 2.83. The number of aromatic nitrogens is 2. The normalized spacial score (nSPS) is 23.1. The highest BCUT2D eigenvalue weighted by atomic mass is 32.1. The molecule has 1 aliphatic carbocycles. The highest BCUT2D eigenvalue weighted by Gasteiger charge is 2.40. The Morgan fingerprint density at radius 1 is 1.32 bits per heavy atom. The maximum Gasteiger partial charge on any atom is 0.157 e. The number of rotatable bonds is 7. The quantitative estimate of drug-likeness (QED) is 0.544. The van der Waals surface area contributed by atoms with Crippen molar-refractivity contribution in [1.82, 2.24) is 15.1 Å². The van der Waals surface area contributed by atoms with Crippen LogP contribution in [-0.4, -0.2) is 39.2 Å².